The van der Waals surface area contributed by atoms with E-state index >= 15 is 0 Å². The average molecular weight is 450 g/mol. The minimum atomic E-state index is -0.794. The molecule has 0 aliphatic rings. The van der Waals surface area contributed by atoms with Crippen LogP contribution in [0.1, 0.15) is 15.9 Å². The molecule has 0 unspecified atom stereocenters. The van der Waals surface area contributed by atoms with E-state index in [1.807, 2.05) is 0 Å². The topological polar surface area (TPSA) is 46.1 Å². The van der Waals surface area contributed by atoms with Crippen LogP contribution in [-0.4, -0.2) is 15.9 Å². The molecule has 146 valence electrons. The second-order valence-electron chi connectivity index (χ2n) is 6.11. The van der Waals surface area contributed by atoms with Gasteiger partial charge in [0.25, 0.3) is 5.91 Å². The first kappa shape index (κ1) is 19.7. The Labute approximate surface area is 178 Å². The number of thiazole rings is 1. The molecule has 0 fully saturated rings. The maximum atomic E-state index is 14.1. The van der Waals surface area contributed by atoms with Crippen LogP contribution in [0, 0.1) is 11.6 Å². The molecule has 2 heterocycles. The first-order valence-electron chi connectivity index (χ1n) is 8.34. The zero-order chi connectivity index (χ0) is 20.5. The Hall–Kier alpha value is -2.61. The quantitative estimate of drug-likeness (QED) is 0.376. The molecule has 0 aliphatic carbocycles. The Morgan fingerprint density at radius 2 is 1.97 bits per heavy atom. The summed E-state index contributed by atoms with van der Waals surface area (Å²) in [5.74, 6) is -1.98. The lowest BCUT2D eigenvalue weighted by molar-refractivity contribution is 0.0985. The van der Waals surface area contributed by atoms with Crippen LogP contribution in [0.2, 0.25) is 10.0 Å². The number of anilines is 1. The molecule has 1 amide bonds. The third-order valence-corrected chi connectivity index (χ3v) is 5.69. The number of hydrogen-bond acceptors (Lipinski definition) is 4. The highest BCUT2D eigenvalue weighted by molar-refractivity contribution is 7.22. The molecule has 0 saturated carbocycles. The van der Waals surface area contributed by atoms with Gasteiger partial charge in [-0.1, -0.05) is 40.6 Å². The van der Waals surface area contributed by atoms with Gasteiger partial charge in [0.1, 0.15) is 11.3 Å². The standard InChI is InChI=1S/C20H11Cl2F2N3OS/c21-12-3-4-15(22)14(6-12)19(28)27(10-11-2-1-5-25-9-11)20-26-18-16(24)7-13(23)8-17(18)29-20/h1-9H,10H2. The number of carbonyl (C=O) groups excluding carboxylic acids is 1. The SMILES string of the molecule is O=C(c1cc(Cl)ccc1Cl)N(Cc1cccnc1)c1nc2c(F)cc(F)cc2s1. The van der Waals surface area contributed by atoms with Crippen molar-refractivity contribution in [1.82, 2.24) is 9.97 Å². The van der Waals surface area contributed by atoms with Gasteiger partial charge < -0.3 is 0 Å². The first-order valence-corrected chi connectivity index (χ1v) is 9.91. The van der Waals surface area contributed by atoms with Crippen molar-refractivity contribution in [3.8, 4) is 0 Å². The number of rotatable bonds is 4. The van der Waals surface area contributed by atoms with Crippen molar-refractivity contribution >= 4 is 55.8 Å². The van der Waals surface area contributed by atoms with E-state index in [9.17, 15) is 13.6 Å². The smallest absolute Gasteiger partial charge is 0.261 e. The van der Waals surface area contributed by atoms with E-state index in [4.69, 9.17) is 23.2 Å². The Morgan fingerprint density at radius 3 is 2.72 bits per heavy atom. The van der Waals surface area contributed by atoms with E-state index in [0.29, 0.717) is 9.72 Å². The minimum Gasteiger partial charge on any atom is -0.279 e. The van der Waals surface area contributed by atoms with Crippen LogP contribution in [0.3, 0.4) is 0 Å². The van der Waals surface area contributed by atoms with Gasteiger partial charge in [-0.05, 0) is 35.9 Å². The number of fused-ring (bicyclic) bond motifs is 1. The molecule has 0 radical (unpaired) electrons. The molecule has 2 aromatic carbocycles. The molecule has 4 rings (SSSR count). The largest absolute Gasteiger partial charge is 0.279 e. The van der Waals surface area contributed by atoms with Crippen LogP contribution in [0.4, 0.5) is 13.9 Å². The summed E-state index contributed by atoms with van der Waals surface area (Å²) >= 11 is 13.2. The summed E-state index contributed by atoms with van der Waals surface area (Å²) in [6.07, 6.45) is 3.22. The molecular formula is C20H11Cl2F2N3OS. The molecule has 4 aromatic rings. The average Bonchev–Trinajstić information content (AvgIpc) is 3.12. The van der Waals surface area contributed by atoms with Gasteiger partial charge in [-0.15, -0.1) is 0 Å². The lowest BCUT2D eigenvalue weighted by Gasteiger charge is -2.20. The number of nitrogens with zero attached hydrogens (tertiary/aromatic N) is 3. The van der Waals surface area contributed by atoms with Crippen molar-refractivity contribution in [1.29, 1.82) is 0 Å². The second-order valence-corrected chi connectivity index (χ2v) is 7.96. The van der Waals surface area contributed by atoms with Crippen LogP contribution in [0.15, 0.2) is 54.9 Å². The number of benzene rings is 2. The van der Waals surface area contributed by atoms with Gasteiger partial charge in [-0.2, -0.15) is 0 Å². The lowest BCUT2D eigenvalue weighted by atomic mass is 10.2. The zero-order valence-electron chi connectivity index (χ0n) is 14.6. The molecule has 29 heavy (non-hydrogen) atoms. The molecule has 0 spiro atoms. The van der Waals surface area contributed by atoms with Gasteiger partial charge in [0.15, 0.2) is 10.9 Å². The zero-order valence-corrected chi connectivity index (χ0v) is 16.9. The number of amides is 1. The van der Waals surface area contributed by atoms with E-state index in [1.54, 1.807) is 30.6 Å². The fourth-order valence-corrected chi connectivity index (χ4v) is 4.14. The predicted molar refractivity (Wildman–Crippen MR) is 111 cm³/mol. The van der Waals surface area contributed by atoms with E-state index < -0.39 is 17.5 Å². The second kappa shape index (κ2) is 8.02. The normalized spacial score (nSPS) is 11.0. The molecule has 4 nitrogen and oxygen atoms in total. The summed E-state index contributed by atoms with van der Waals surface area (Å²) in [6.45, 7) is 0.111. The maximum Gasteiger partial charge on any atom is 0.261 e. The highest BCUT2D eigenvalue weighted by Gasteiger charge is 2.25. The highest BCUT2D eigenvalue weighted by atomic mass is 35.5. The van der Waals surface area contributed by atoms with Gasteiger partial charge in [0.05, 0.1) is 21.8 Å². The monoisotopic (exact) mass is 449 g/mol. The Morgan fingerprint density at radius 1 is 1.14 bits per heavy atom. The summed E-state index contributed by atoms with van der Waals surface area (Å²) in [5.41, 5.74) is 0.895. The molecular weight excluding hydrogens is 439 g/mol. The Balaban J connectivity index is 1.83. The molecule has 2 aromatic heterocycles. The van der Waals surface area contributed by atoms with Crippen molar-refractivity contribution in [2.75, 3.05) is 4.90 Å². The van der Waals surface area contributed by atoms with E-state index in [1.165, 1.54) is 23.1 Å². The molecule has 0 saturated heterocycles. The van der Waals surface area contributed by atoms with Gasteiger partial charge in [-0.25, -0.2) is 13.8 Å². The third kappa shape index (κ3) is 4.07. The summed E-state index contributed by atoms with van der Waals surface area (Å²) in [7, 11) is 0. The number of pyridine rings is 1. The Bertz CT molecular complexity index is 1220. The van der Waals surface area contributed by atoms with Gasteiger partial charge >= 0.3 is 0 Å². The number of hydrogen-bond donors (Lipinski definition) is 0. The summed E-state index contributed by atoms with van der Waals surface area (Å²) in [4.78, 5) is 22.9. The highest BCUT2D eigenvalue weighted by Crippen LogP contribution is 2.34. The van der Waals surface area contributed by atoms with Crippen molar-refractivity contribution in [2.45, 2.75) is 6.54 Å². The first-order chi connectivity index (χ1) is 13.9. The van der Waals surface area contributed by atoms with Crippen LogP contribution >= 0.6 is 34.5 Å². The van der Waals surface area contributed by atoms with Crippen molar-refractivity contribution in [3.05, 3.63) is 87.7 Å². The number of halogens is 4. The maximum absolute atomic E-state index is 14.1. The van der Waals surface area contributed by atoms with Crippen molar-refractivity contribution in [3.63, 3.8) is 0 Å². The molecule has 9 heteroatoms. The van der Waals surface area contributed by atoms with Crippen LogP contribution in [-0.2, 0) is 6.54 Å². The third-order valence-electron chi connectivity index (χ3n) is 4.10. The fourth-order valence-electron chi connectivity index (χ4n) is 2.77. The number of aromatic nitrogens is 2. The van der Waals surface area contributed by atoms with Crippen molar-refractivity contribution < 1.29 is 13.6 Å². The van der Waals surface area contributed by atoms with Crippen LogP contribution in [0.5, 0.6) is 0 Å². The van der Waals surface area contributed by atoms with Gasteiger partial charge in [0, 0.05) is 23.5 Å². The van der Waals surface area contributed by atoms with Gasteiger partial charge in [-0.3, -0.25) is 14.7 Å². The summed E-state index contributed by atoms with van der Waals surface area (Å²) in [5, 5.41) is 0.764. The van der Waals surface area contributed by atoms with E-state index in [-0.39, 0.29) is 27.8 Å². The lowest BCUT2D eigenvalue weighted by Crippen LogP contribution is -2.30. The van der Waals surface area contributed by atoms with E-state index in [2.05, 4.69) is 9.97 Å². The Kier molecular flexibility index (Phi) is 5.45. The van der Waals surface area contributed by atoms with Crippen LogP contribution in [0.25, 0.3) is 10.2 Å². The molecule has 0 aliphatic heterocycles. The molecule has 0 N–H and O–H groups in total. The molecule has 0 bridgehead atoms. The summed E-state index contributed by atoms with van der Waals surface area (Å²) in [6, 6.07) is 10.0. The van der Waals surface area contributed by atoms with Crippen molar-refractivity contribution in [2.24, 2.45) is 0 Å². The van der Waals surface area contributed by atoms with Crippen LogP contribution < -0.4 is 4.90 Å². The summed E-state index contributed by atoms with van der Waals surface area (Å²) < 4.78 is 28.0. The predicted octanol–water partition coefficient (Wildman–Crippen LogP) is 6.12. The fraction of sp³-hybridized carbons (Fsp3) is 0.0500. The minimum absolute atomic E-state index is 0.00687. The molecule has 0 atom stereocenters. The van der Waals surface area contributed by atoms with E-state index in [0.717, 1.165) is 23.0 Å². The number of carbonyl (C=O) groups is 1. The van der Waals surface area contributed by atoms with Gasteiger partial charge in [0.2, 0.25) is 0 Å².